The lowest BCUT2D eigenvalue weighted by Gasteiger charge is -2.18. The van der Waals surface area contributed by atoms with Gasteiger partial charge in [0.1, 0.15) is 0 Å². The molecule has 0 saturated carbocycles. The molecule has 1 unspecified atom stereocenters. The summed E-state index contributed by atoms with van der Waals surface area (Å²) < 4.78 is 0. The van der Waals surface area contributed by atoms with E-state index in [1.165, 1.54) is 23.4 Å². The van der Waals surface area contributed by atoms with Crippen LogP contribution in [0.1, 0.15) is 50.6 Å². The van der Waals surface area contributed by atoms with Crippen LogP contribution in [0.3, 0.4) is 0 Å². The van der Waals surface area contributed by atoms with E-state index in [1.54, 1.807) is 11.3 Å². The van der Waals surface area contributed by atoms with Crippen molar-refractivity contribution in [2.75, 3.05) is 5.32 Å². The number of halogens is 1. The van der Waals surface area contributed by atoms with Gasteiger partial charge in [0.15, 0.2) is 5.13 Å². The van der Waals surface area contributed by atoms with Crippen LogP contribution in [0.5, 0.6) is 0 Å². The number of aryl methyl sites for hydroxylation is 1. The highest BCUT2D eigenvalue weighted by atomic mass is 35.5. The van der Waals surface area contributed by atoms with E-state index in [1.807, 2.05) is 0 Å². The van der Waals surface area contributed by atoms with Crippen molar-refractivity contribution < 1.29 is 4.79 Å². The van der Waals surface area contributed by atoms with Crippen LogP contribution >= 0.6 is 23.7 Å². The second-order valence-corrected chi connectivity index (χ2v) is 7.21. The molecule has 2 rings (SSSR count). The molecule has 1 amide bonds. The van der Waals surface area contributed by atoms with Gasteiger partial charge in [0.05, 0.1) is 11.7 Å². The topological polar surface area (TPSA) is 68.0 Å². The molecule has 120 valence electrons. The van der Waals surface area contributed by atoms with Gasteiger partial charge in [-0.2, -0.15) is 0 Å². The number of hydrogen-bond acceptors (Lipinski definition) is 4. The smallest absolute Gasteiger partial charge is 0.243 e. The number of fused-ring (bicyclic) bond motifs is 1. The third-order valence-corrected chi connectivity index (χ3v) is 4.95. The molecule has 1 aromatic rings. The number of anilines is 1. The second-order valence-electron chi connectivity index (χ2n) is 6.13. The summed E-state index contributed by atoms with van der Waals surface area (Å²) in [5.41, 5.74) is 7.07. The number of rotatable bonds is 5. The van der Waals surface area contributed by atoms with E-state index in [4.69, 9.17) is 5.73 Å². The van der Waals surface area contributed by atoms with E-state index >= 15 is 0 Å². The summed E-state index contributed by atoms with van der Waals surface area (Å²) >= 11 is 1.62. The van der Waals surface area contributed by atoms with Crippen molar-refractivity contribution in [1.29, 1.82) is 0 Å². The van der Waals surface area contributed by atoms with Gasteiger partial charge in [-0.05, 0) is 37.5 Å². The molecule has 6 heteroatoms. The standard InChI is InChI=1S/C15H25N3OS.ClH/c1-4-10-5-6-12-13(8-10)20-15(17-12)18-14(19)11(16)7-9(2)3;/h9-11H,4-8,16H2,1-3H3,(H,17,18,19);1H/t10?,11-;/m0./s1. The van der Waals surface area contributed by atoms with Gasteiger partial charge in [-0.25, -0.2) is 4.98 Å². The number of carbonyl (C=O) groups is 1. The van der Waals surface area contributed by atoms with Gasteiger partial charge in [-0.15, -0.1) is 23.7 Å². The van der Waals surface area contributed by atoms with Gasteiger partial charge in [-0.1, -0.05) is 27.2 Å². The van der Waals surface area contributed by atoms with Gasteiger partial charge in [0.25, 0.3) is 0 Å². The summed E-state index contributed by atoms with van der Waals surface area (Å²) in [6.07, 6.45) is 5.29. The molecule has 3 N–H and O–H groups in total. The molecule has 0 radical (unpaired) electrons. The number of amides is 1. The van der Waals surface area contributed by atoms with Crippen LogP contribution in [0.2, 0.25) is 0 Å². The largest absolute Gasteiger partial charge is 0.320 e. The van der Waals surface area contributed by atoms with Crippen molar-refractivity contribution >= 4 is 34.8 Å². The van der Waals surface area contributed by atoms with E-state index in [-0.39, 0.29) is 18.3 Å². The van der Waals surface area contributed by atoms with Gasteiger partial charge in [-0.3, -0.25) is 4.79 Å². The molecule has 2 atom stereocenters. The molecule has 0 bridgehead atoms. The fourth-order valence-electron chi connectivity index (χ4n) is 2.66. The summed E-state index contributed by atoms with van der Waals surface area (Å²) in [6, 6.07) is -0.445. The first-order valence-electron chi connectivity index (χ1n) is 7.54. The maximum atomic E-state index is 12.0. The Balaban J connectivity index is 0.00000220. The first kappa shape index (κ1) is 18.4. The first-order valence-corrected chi connectivity index (χ1v) is 8.36. The molecule has 0 saturated heterocycles. The highest BCUT2D eigenvalue weighted by molar-refractivity contribution is 7.15. The molecular weight excluding hydrogens is 306 g/mol. The predicted molar refractivity (Wildman–Crippen MR) is 91.2 cm³/mol. The Morgan fingerprint density at radius 1 is 1.52 bits per heavy atom. The van der Waals surface area contributed by atoms with Crippen molar-refractivity contribution in [2.45, 2.75) is 58.9 Å². The van der Waals surface area contributed by atoms with Crippen LogP contribution < -0.4 is 11.1 Å². The predicted octanol–water partition coefficient (Wildman–Crippen LogP) is 3.39. The highest BCUT2D eigenvalue weighted by Crippen LogP contribution is 2.33. The third-order valence-electron chi connectivity index (χ3n) is 3.91. The van der Waals surface area contributed by atoms with Crippen molar-refractivity contribution in [3.63, 3.8) is 0 Å². The fourth-order valence-corrected chi connectivity index (χ4v) is 3.78. The Bertz CT molecular complexity index is 475. The Kier molecular flexibility index (Phi) is 7.10. The van der Waals surface area contributed by atoms with E-state index in [0.717, 1.165) is 23.9 Å². The summed E-state index contributed by atoms with van der Waals surface area (Å²) in [5, 5.41) is 3.60. The normalized spacial score (nSPS) is 18.8. The van der Waals surface area contributed by atoms with Crippen molar-refractivity contribution in [1.82, 2.24) is 4.98 Å². The van der Waals surface area contributed by atoms with Gasteiger partial charge in [0, 0.05) is 4.88 Å². The minimum absolute atomic E-state index is 0. The summed E-state index contributed by atoms with van der Waals surface area (Å²) in [7, 11) is 0. The molecule has 0 aliphatic heterocycles. The van der Waals surface area contributed by atoms with Crippen LogP contribution in [-0.2, 0) is 17.6 Å². The average molecular weight is 332 g/mol. The van der Waals surface area contributed by atoms with Gasteiger partial charge < -0.3 is 11.1 Å². The molecule has 1 aliphatic rings. The minimum Gasteiger partial charge on any atom is -0.320 e. The Hall–Kier alpha value is -0.650. The maximum Gasteiger partial charge on any atom is 0.243 e. The summed E-state index contributed by atoms with van der Waals surface area (Å²) in [5.74, 6) is 1.08. The lowest BCUT2D eigenvalue weighted by atomic mass is 9.89. The Labute approximate surface area is 137 Å². The number of carbonyl (C=O) groups excluding carboxylic acids is 1. The van der Waals surface area contributed by atoms with E-state index in [2.05, 4.69) is 31.1 Å². The molecule has 0 fully saturated rings. The third kappa shape index (κ3) is 4.94. The van der Waals surface area contributed by atoms with Crippen molar-refractivity contribution in [3.8, 4) is 0 Å². The Morgan fingerprint density at radius 3 is 2.86 bits per heavy atom. The molecule has 4 nitrogen and oxygen atoms in total. The number of nitrogens with one attached hydrogen (secondary N) is 1. The molecule has 0 aromatic carbocycles. The SMILES string of the molecule is CCC1CCc2nc(NC(=O)[C@@H](N)CC(C)C)sc2C1.Cl. The number of nitrogens with zero attached hydrogens (tertiary/aromatic N) is 1. The number of hydrogen-bond donors (Lipinski definition) is 2. The zero-order valence-corrected chi connectivity index (χ0v) is 14.6. The van der Waals surface area contributed by atoms with E-state index in [0.29, 0.717) is 12.3 Å². The van der Waals surface area contributed by atoms with Crippen LogP contribution in [0.4, 0.5) is 5.13 Å². The summed E-state index contributed by atoms with van der Waals surface area (Å²) in [4.78, 5) is 17.9. The molecule has 21 heavy (non-hydrogen) atoms. The zero-order chi connectivity index (χ0) is 14.7. The van der Waals surface area contributed by atoms with Gasteiger partial charge in [0.2, 0.25) is 5.91 Å². The number of nitrogens with two attached hydrogens (primary N) is 1. The van der Waals surface area contributed by atoms with E-state index in [9.17, 15) is 4.79 Å². The molecular formula is C15H26ClN3OS. The fraction of sp³-hybridized carbons (Fsp3) is 0.733. The van der Waals surface area contributed by atoms with Crippen LogP contribution in [-0.4, -0.2) is 16.9 Å². The molecule has 1 aromatic heterocycles. The second kappa shape index (κ2) is 8.11. The lowest BCUT2D eigenvalue weighted by molar-refractivity contribution is -0.117. The number of aromatic nitrogens is 1. The monoisotopic (exact) mass is 331 g/mol. The minimum atomic E-state index is -0.445. The quantitative estimate of drug-likeness (QED) is 0.869. The zero-order valence-electron chi connectivity index (χ0n) is 13.0. The van der Waals surface area contributed by atoms with Crippen LogP contribution in [0.15, 0.2) is 0 Å². The van der Waals surface area contributed by atoms with Crippen LogP contribution in [0, 0.1) is 11.8 Å². The molecule has 0 spiro atoms. The summed E-state index contributed by atoms with van der Waals surface area (Å²) in [6.45, 7) is 6.38. The number of thiazole rings is 1. The first-order chi connectivity index (χ1) is 9.49. The molecule has 1 aliphatic carbocycles. The Morgan fingerprint density at radius 2 is 2.24 bits per heavy atom. The van der Waals surface area contributed by atoms with Crippen molar-refractivity contribution in [3.05, 3.63) is 10.6 Å². The molecule has 1 heterocycles. The van der Waals surface area contributed by atoms with E-state index < -0.39 is 6.04 Å². The lowest BCUT2D eigenvalue weighted by Crippen LogP contribution is -2.36. The highest BCUT2D eigenvalue weighted by Gasteiger charge is 2.23. The average Bonchev–Trinajstić information content (AvgIpc) is 2.78. The van der Waals surface area contributed by atoms with Crippen molar-refractivity contribution in [2.24, 2.45) is 17.6 Å². The van der Waals surface area contributed by atoms with Gasteiger partial charge >= 0.3 is 0 Å². The van der Waals surface area contributed by atoms with Crippen LogP contribution in [0.25, 0.3) is 0 Å². The maximum absolute atomic E-state index is 12.0.